The van der Waals surface area contributed by atoms with Gasteiger partial charge in [0.05, 0.1) is 29.2 Å². The number of nitrogens with zero attached hydrogens (tertiary/aromatic N) is 8. The van der Waals surface area contributed by atoms with Gasteiger partial charge in [-0.15, -0.1) is 10.2 Å². The van der Waals surface area contributed by atoms with Crippen LogP contribution in [0.1, 0.15) is 24.6 Å². The predicted molar refractivity (Wildman–Crippen MR) is 117 cm³/mol. The minimum absolute atomic E-state index is 0.0503. The second kappa shape index (κ2) is 7.18. The van der Waals surface area contributed by atoms with E-state index in [1.807, 2.05) is 30.7 Å². The third-order valence-electron chi connectivity index (χ3n) is 6.48. The molecule has 158 valence electrons. The summed E-state index contributed by atoms with van der Waals surface area (Å²) in [6.45, 7) is 2.73. The molecule has 0 bridgehead atoms. The summed E-state index contributed by atoms with van der Waals surface area (Å²) in [5.41, 5.74) is 8.47. The van der Waals surface area contributed by atoms with Crippen molar-refractivity contribution in [1.82, 2.24) is 34.3 Å². The van der Waals surface area contributed by atoms with Gasteiger partial charge in [-0.05, 0) is 25.0 Å². The van der Waals surface area contributed by atoms with E-state index in [2.05, 4.69) is 34.8 Å². The largest absolute Gasteiger partial charge is 0.355 e. The molecule has 9 nitrogen and oxygen atoms in total. The fraction of sp³-hybridized carbons (Fsp3) is 0.350. The zero-order valence-electron chi connectivity index (χ0n) is 16.6. The van der Waals surface area contributed by atoms with Crippen LogP contribution in [0.25, 0.3) is 5.65 Å². The molecule has 1 fully saturated rings. The van der Waals surface area contributed by atoms with Crippen LogP contribution in [0.5, 0.6) is 0 Å². The molecule has 1 atom stereocenters. The van der Waals surface area contributed by atoms with E-state index in [1.54, 1.807) is 16.9 Å². The Morgan fingerprint density at radius 3 is 2.81 bits per heavy atom. The minimum Gasteiger partial charge on any atom is -0.355 e. The molecule has 0 aromatic carbocycles. The summed E-state index contributed by atoms with van der Waals surface area (Å²) in [6, 6.07) is 4.02. The number of fused-ring (bicyclic) bond motifs is 2. The molecule has 0 saturated carbocycles. The number of hydrogen-bond acceptors (Lipinski definition) is 8. The molecule has 0 unspecified atom stereocenters. The SMILES string of the molecule is N[C@@H]1c2ccnn2CC12CCN(c1cnc(Sc3ccn4cnnc4c3Cl)cn1)CC2. The molecule has 1 saturated heterocycles. The van der Waals surface area contributed by atoms with Gasteiger partial charge < -0.3 is 10.6 Å². The smallest absolute Gasteiger partial charge is 0.180 e. The van der Waals surface area contributed by atoms with Crippen molar-refractivity contribution >= 4 is 34.8 Å². The zero-order valence-corrected chi connectivity index (χ0v) is 18.2. The molecule has 4 aromatic rings. The molecule has 4 aromatic heterocycles. The number of piperidine rings is 1. The Hall–Kier alpha value is -2.69. The van der Waals surface area contributed by atoms with Gasteiger partial charge in [0.15, 0.2) is 5.65 Å². The van der Waals surface area contributed by atoms with Gasteiger partial charge in [0.1, 0.15) is 17.2 Å². The van der Waals surface area contributed by atoms with Gasteiger partial charge in [-0.3, -0.25) is 9.08 Å². The third kappa shape index (κ3) is 3.08. The Labute approximate surface area is 187 Å². The van der Waals surface area contributed by atoms with Gasteiger partial charge >= 0.3 is 0 Å². The van der Waals surface area contributed by atoms with Gasteiger partial charge in [-0.1, -0.05) is 23.4 Å². The van der Waals surface area contributed by atoms with Gasteiger partial charge in [0, 0.05) is 42.3 Å². The van der Waals surface area contributed by atoms with Crippen molar-refractivity contribution in [2.75, 3.05) is 18.0 Å². The summed E-state index contributed by atoms with van der Waals surface area (Å²) in [5.74, 6) is 0.891. The number of halogens is 1. The number of anilines is 1. The van der Waals surface area contributed by atoms with Crippen LogP contribution < -0.4 is 10.6 Å². The number of pyridine rings is 1. The molecule has 0 amide bonds. The van der Waals surface area contributed by atoms with E-state index in [9.17, 15) is 0 Å². The number of aromatic nitrogens is 7. The van der Waals surface area contributed by atoms with Crippen LogP contribution in [0.3, 0.4) is 0 Å². The van der Waals surface area contributed by atoms with E-state index in [0.717, 1.165) is 53.9 Å². The second-order valence-electron chi connectivity index (χ2n) is 8.11. The molecule has 1 spiro atoms. The van der Waals surface area contributed by atoms with E-state index in [4.69, 9.17) is 17.3 Å². The maximum Gasteiger partial charge on any atom is 0.180 e. The van der Waals surface area contributed by atoms with Gasteiger partial charge in [-0.25, -0.2) is 9.97 Å². The summed E-state index contributed by atoms with van der Waals surface area (Å²) in [5, 5.41) is 13.7. The molecule has 11 heteroatoms. The lowest BCUT2D eigenvalue weighted by Crippen LogP contribution is -2.45. The van der Waals surface area contributed by atoms with Crippen molar-refractivity contribution in [2.45, 2.75) is 35.3 Å². The van der Waals surface area contributed by atoms with Crippen LogP contribution in [0.4, 0.5) is 5.82 Å². The Balaban J connectivity index is 1.14. The average Bonchev–Trinajstić information content (AvgIpc) is 3.50. The molecule has 31 heavy (non-hydrogen) atoms. The van der Waals surface area contributed by atoms with Crippen LogP contribution in [0, 0.1) is 5.41 Å². The van der Waals surface area contributed by atoms with Crippen LogP contribution in [0.2, 0.25) is 5.02 Å². The topological polar surface area (TPSA) is 103 Å². The van der Waals surface area contributed by atoms with Crippen molar-refractivity contribution in [3.05, 3.63) is 54.0 Å². The summed E-state index contributed by atoms with van der Waals surface area (Å²) >= 11 is 7.93. The first-order valence-electron chi connectivity index (χ1n) is 10.1. The molecule has 6 rings (SSSR count). The molecule has 2 aliphatic heterocycles. The first kappa shape index (κ1) is 19.0. The molecule has 2 aliphatic rings. The lowest BCUT2D eigenvalue weighted by molar-refractivity contribution is 0.170. The second-order valence-corrected chi connectivity index (χ2v) is 9.55. The molecule has 0 aliphatic carbocycles. The van der Waals surface area contributed by atoms with Gasteiger partial charge in [0.25, 0.3) is 0 Å². The van der Waals surface area contributed by atoms with Gasteiger partial charge in [0.2, 0.25) is 0 Å². The van der Waals surface area contributed by atoms with Gasteiger partial charge in [-0.2, -0.15) is 5.10 Å². The van der Waals surface area contributed by atoms with E-state index in [-0.39, 0.29) is 11.5 Å². The maximum atomic E-state index is 6.59. The van der Waals surface area contributed by atoms with E-state index in [0.29, 0.717) is 10.7 Å². The zero-order chi connectivity index (χ0) is 21.0. The highest BCUT2D eigenvalue weighted by molar-refractivity contribution is 7.99. The highest BCUT2D eigenvalue weighted by Gasteiger charge is 2.46. The lowest BCUT2D eigenvalue weighted by Gasteiger charge is -2.41. The summed E-state index contributed by atoms with van der Waals surface area (Å²) in [7, 11) is 0. The highest BCUT2D eigenvalue weighted by atomic mass is 35.5. The van der Waals surface area contributed by atoms with Crippen molar-refractivity contribution < 1.29 is 0 Å². The maximum absolute atomic E-state index is 6.59. The first-order chi connectivity index (χ1) is 15.1. The summed E-state index contributed by atoms with van der Waals surface area (Å²) in [4.78, 5) is 12.4. The fourth-order valence-electron chi connectivity index (χ4n) is 4.66. The van der Waals surface area contributed by atoms with Crippen molar-refractivity contribution in [3.63, 3.8) is 0 Å². The van der Waals surface area contributed by atoms with Crippen LogP contribution in [0.15, 0.2) is 53.2 Å². The quantitative estimate of drug-likeness (QED) is 0.505. The Morgan fingerprint density at radius 2 is 2.03 bits per heavy atom. The number of hydrogen-bond donors (Lipinski definition) is 1. The van der Waals surface area contributed by atoms with Crippen LogP contribution >= 0.6 is 23.4 Å². The number of rotatable bonds is 3. The number of nitrogens with two attached hydrogens (primary N) is 1. The molecular formula is C20H20ClN9S. The van der Waals surface area contributed by atoms with Crippen molar-refractivity contribution in [2.24, 2.45) is 11.1 Å². The van der Waals surface area contributed by atoms with Crippen molar-refractivity contribution in [1.29, 1.82) is 0 Å². The van der Waals surface area contributed by atoms with E-state index in [1.165, 1.54) is 11.8 Å². The van der Waals surface area contributed by atoms with Crippen molar-refractivity contribution in [3.8, 4) is 0 Å². The predicted octanol–water partition coefficient (Wildman–Crippen LogP) is 2.82. The average molecular weight is 454 g/mol. The monoisotopic (exact) mass is 453 g/mol. The Bertz CT molecular complexity index is 1240. The minimum atomic E-state index is 0.0503. The molecule has 0 radical (unpaired) electrons. The normalized spacial score (nSPS) is 19.9. The molecule has 6 heterocycles. The van der Waals surface area contributed by atoms with E-state index < -0.39 is 0 Å². The lowest BCUT2D eigenvalue weighted by atomic mass is 9.73. The molecular weight excluding hydrogens is 434 g/mol. The van der Waals surface area contributed by atoms with Crippen LogP contribution in [-0.2, 0) is 6.54 Å². The fourth-order valence-corrected chi connectivity index (χ4v) is 5.72. The third-order valence-corrected chi connectivity index (χ3v) is 7.94. The first-order valence-corrected chi connectivity index (χ1v) is 11.3. The Morgan fingerprint density at radius 1 is 1.16 bits per heavy atom. The van der Waals surface area contributed by atoms with Crippen LogP contribution in [-0.4, -0.2) is 47.4 Å². The van der Waals surface area contributed by atoms with E-state index >= 15 is 0 Å². The molecule has 2 N–H and O–H groups in total. The standard InChI is InChI=1S/C20H20ClN9S/c21-17-14(2-6-29-12-25-27-19(17)29)31-16-10-23-15(9-24-16)28-7-3-20(4-8-28)11-30-13(18(20)22)1-5-26-30/h1-2,5-6,9-10,12,18H,3-4,7-8,11,22H2/t18-/m1/s1. The highest BCUT2D eigenvalue weighted by Crippen LogP contribution is 2.47. The summed E-state index contributed by atoms with van der Waals surface area (Å²) in [6.07, 6.45) is 11.0. The Kier molecular flexibility index (Phi) is 4.41. The summed E-state index contributed by atoms with van der Waals surface area (Å²) < 4.78 is 3.85.